The summed E-state index contributed by atoms with van der Waals surface area (Å²) in [4.78, 5) is 38.9. The molecular weight excluding hydrogens is 536 g/mol. The Morgan fingerprint density at radius 1 is 1.24 bits per heavy atom. The molecule has 0 radical (unpaired) electrons. The minimum atomic E-state index is -1.14. The van der Waals surface area contributed by atoms with Gasteiger partial charge in [0.25, 0.3) is 11.5 Å². The first-order valence-electron chi connectivity index (χ1n) is 12.1. The lowest BCUT2D eigenvalue weighted by molar-refractivity contribution is 0.0633. The zero-order valence-corrected chi connectivity index (χ0v) is 22.8. The lowest BCUT2D eigenvalue weighted by Gasteiger charge is -2.33. The number of amides is 1. The molecule has 4 rings (SSSR count). The molecule has 2 aromatic heterocycles. The molecule has 2 N–H and O–H groups in total. The third-order valence-electron chi connectivity index (χ3n) is 6.87. The predicted molar refractivity (Wildman–Crippen MR) is 141 cm³/mol. The summed E-state index contributed by atoms with van der Waals surface area (Å²) in [6, 6.07) is 4.94. The lowest BCUT2D eigenvalue weighted by atomic mass is 9.98. The molecule has 202 valence electrons. The van der Waals surface area contributed by atoms with Gasteiger partial charge in [-0.25, -0.2) is 9.18 Å². The van der Waals surface area contributed by atoms with E-state index in [1.165, 1.54) is 28.4 Å². The van der Waals surface area contributed by atoms with E-state index in [9.17, 15) is 23.9 Å². The van der Waals surface area contributed by atoms with Crippen molar-refractivity contribution in [3.05, 3.63) is 84.8 Å². The number of hydrogen-bond donors (Lipinski definition) is 2. The number of aromatic nitrogens is 3. The van der Waals surface area contributed by atoms with E-state index in [4.69, 9.17) is 23.2 Å². The van der Waals surface area contributed by atoms with Crippen LogP contribution in [0.3, 0.4) is 0 Å². The van der Waals surface area contributed by atoms with E-state index >= 15 is 0 Å². The lowest BCUT2D eigenvalue weighted by Crippen LogP contribution is -2.42. The first-order valence-corrected chi connectivity index (χ1v) is 12.8. The number of aromatic carboxylic acids is 1. The number of carbonyl (C=O) groups is 2. The molecule has 9 nitrogen and oxygen atoms in total. The molecule has 12 heteroatoms. The van der Waals surface area contributed by atoms with E-state index in [1.807, 2.05) is 20.8 Å². The van der Waals surface area contributed by atoms with Crippen molar-refractivity contribution in [2.24, 2.45) is 7.05 Å². The maximum atomic E-state index is 13.9. The zero-order chi connectivity index (χ0) is 27.9. The van der Waals surface area contributed by atoms with Crippen molar-refractivity contribution >= 4 is 35.1 Å². The number of carboxylic acid groups (broad SMARTS) is 1. The van der Waals surface area contributed by atoms with Gasteiger partial charge in [-0.1, -0.05) is 23.2 Å². The molecule has 0 saturated carbocycles. The molecule has 3 heterocycles. The molecule has 3 aromatic rings. The fourth-order valence-corrected chi connectivity index (χ4v) is 4.96. The van der Waals surface area contributed by atoms with Gasteiger partial charge in [0.2, 0.25) is 0 Å². The fraction of sp³-hybridized carbons (Fsp3) is 0.385. The average molecular weight is 564 g/mol. The highest BCUT2D eigenvalue weighted by Gasteiger charge is 2.35. The van der Waals surface area contributed by atoms with Gasteiger partial charge in [0.05, 0.1) is 28.3 Å². The standard InChI is InChI=1S/C26H28Cl2FN5O4/c1-13-7-22-18(12-33(13)24(35)16-5-6-19(27)20(28)8-16)23(26(37)38)34(31-22)14(2)10-30-15(3)17-9-21(29)25(36)32(4)11-17/h5-6,8-9,11,13-15,30H,7,10,12H2,1-4H3,(H,37,38)/t13-,14-,15?/m1/s1. The van der Waals surface area contributed by atoms with Crippen molar-refractivity contribution in [1.29, 1.82) is 0 Å². The highest BCUT2D eigenvalue weighted by molar-refractivity contribution is 6.42. The van der Waals surface area contributed by atoms with Crippen molar-refractivity contribution < 1.29 is 19.1 Å². The average Bonchev–Trinajstić information content (AvgIpc) is 3.24. The van der Waals surface area contributed by atoms with E-state index in [2.05, 4.69) is 10.4 Å². The molecule has 0 saturated heterocycles. The molecule has 0 bridgehead atoms. The zero-order valence-electron chi connectivity index (χ0n) is 21.3. The van der Waals surface area contributed by atoms with Crippen molar-refractivity contribution in [1.82, 2.24) is 24.6 Å². The number of pyridine rings is 1. The smallest absolute Gasteiger partial charge is 0.354 e. The number of nitrogens with zero attached hydrogens (tertiary/aromatic N) is 4. The highest BCUT2D eigenvalue weighted by atomic mass is 35.5. The molecule has 0 spiro atoms. The van der Waals surface area contributed by atoms with Crippen LogP contribution in [0, 0.1) is 5.82 Å². The molecule has 1 aromatic carbocycles. The molecule has 38 heavy (non-hydrogen) atoms. The van der Waals surface area contributed by atoms with Crippen LogP contribution in [0.25, 0.3) is 0 Å². The Morgan fingerprint density at radius 3 is 2.58 bits per heavy atom. The van der Waals surface area contributed by atoms with Gasteiger partial charge in [-0.15, -0.1) is 0 Å². The van der Waals surface area contributed by atoms with Crippen LogP contribution in [0.5, 0.6) is 0 Å². The number of nitrogens with one attached hydrogen (secondary N) is 1. The largest absolute Gasteiger partial charge is 0.477 e. The second-order valence-electron chi connectivity index (χ2n) is 9.66. The van der Waals surface area contributed by atoms with Gasteiger partial charge in [0, 0.05) is 49.4 Å². The Kier molecular flexibility index (Phi) is 7.96. The second-order valence-corrected chi connectivity index (χ2v) is 10.5. The number of carboxylic acids is 1. The molecule has 3 atom stereocenters. The number of fused-ring (bicyclic) bond motifs is 1. The molecule has 0 aliphatic carbocycles. The topological polar surface area (TPSA) is 109 Å². The van der Waals surface area contributed by atoms with Crippen molar-refractivity contribution in [3.8, 4) is 0 Å². The van der Waals surface area contributed by atoms with Gasteiger partial charge in [-0.2, -0.15) is 5.10 Å². The summed E-state index contributed by atoms with van der Waals surface area (Å²) in [5, 5.41) is 18.6. The quantitative estimate of drug-likeness (QED) is 0.445. The predicted octanol–water partition coefficient (Wildman–Crippen LogP) is 4.22. The van der Waals surface area contributed by atoms with Crippen LogP contribution >= 0.6 is 23.2 Å². The van der Waals surface area contributed by atoms with Crippen LogP contribution in [0.15, 0.2) is 35.3 Å². The van der Waals surface area contributed by atoms with E-state index in [1.54, 1.807) is 23.2 Å². The highest BCUT2D eigenvalue weighted by Crippen LogP contribution is 2.30. The Balaban J connectivity index is 1.56. The summed E-state index contributed by atoms with van der Waals surface area (Å²) in [5.41, 5.74) is 1.38. The number of benzene rings is 1. The minimum absolute atomic E-state index is 0.0222. The number of carbonyl (C=O) groups excluding carboxylic acids is 1. The maximum Gasteiger partial charge on any atom is 0.354 e. The summed E-state index contributed by atoms with van der Waals surface area (Å²) in [6.07, 6.45) is 1.95. The molecule has 1 aliphatic heterocycles. The van der Waals surface area contributed by atoms with E-state index in [-0.39, 0.29) is 41.3 Å². The molecule has 1 amide bonds. The third kappa shape index (κ3) is 5.34. The van der Waals surface area contributed by atoms with Crippen molar-refractivity contribution in [3.63, 3.8) is 0 Å². The summed E-state index contributed by atoms with van der Waals surface area (Å²) in [5.74, 6) is -2.26. The summed E-state index contributed by atoms with van der Waals surface area (Å²) in [6.45, 7) is 5.95. The number of halogens is 3. The van der Waals surface area contributed by atoms with Gasteiger partial charge in [0.1, 0.15) is 0 Å². The van der Waals surface area contributed by atoms with Gasteiger partial charge in [0.15, 0.2) is 11.5 Å². The molecule has 0 fully saturated rings. The summed E-state index contributed by atoms with van der Waals surface area (Å²) in [7, 11) is 1.48. The Labute approximate surface area is 228 Å². The second kappa shape index (κ2) is 10.9. The van der Waals surface area contributed by atoms with Crippen LogP contribution in [0.4, 0.5) is 4.39 Å². The Hall–Kier alpha value is -3.21. The summed E-state index contributed by atoms with van der Waals surface area (Å²) >= 11 is 12.1. The van der Waals surface area contributed by atoms with Crippen LogP contribution in [0.2, 0.25) is 10.0 Å². The van der Waals surface area contributed by atoms with E-state index < -0.39 is 17.3 Å². The van der Waals surface area contributed by atoms with Gasteiger partial charge >= 0.3 is 5.97 Å². The van der Waals surface area contributed by atoms with Crippen molar-refractivity contribution in [2.45, 2.75) is 51.9 Å². The SMILES string of the molecule is CC(NC[C@@H](C)n1nc2c(c1C(=O)O)CN(C(=O)c1ccc(Cl)c(Cl)c1)[C@H](C)C2)c1cc(F)c(=O)n(C)c1. The monoisotopic (exact) mass is 563 g/mol. The first-order chi connectivity index (χ1) is 17.9. The minimum Gasteiger partial charge on any atom is -0.477 e. The molecular formula is C26H28Cl2FN5O4. The Morgan fingerprint density at radius 2 is 1.95 bits per heavy atom. The van der Waals surface area contributed by atoms with Crippen molar-refractivity contribution in [2.75, 3.05) is 6.54 Å². The van der Waals surface area contributed by atoms with Crippen LogP contribution in [-0.4, -0.2) is 48.8 Å². The van der Waals surface area contributed by atoms with E-state index in [0.717, 1.165) is 0 Å². The third-order valence-corrected chi connectivity index (χ3v) is 7.61. The van der Waals surface area contributed by atoms with Gasteiger partial charge < -0.3 is 19.9 Å². The van der Waals surface area contributed by atoms with Gasteiger partial charge in [-0.05, 0) is 50.6 Å². The molecule has 1 aliphatic rings. The van der Waals surface area contributed by atoms with Crippen LogP contribution < -0.4 is 10.9 Å². The maximum absolute atomic E-state index is 13.9. The Bertz CT molecular complexity index is 1440. The molecule has 1 unspecified atom stereocenters. The first kappa shape index (κ1) is 27.8. The normalized spacial score (nSPS) is 16.7. The van der Waals surface area contributed by atoms with Crippen LogP contribution in [0.1, 0.15) is 70.5 Å². The van der Waals surface area contributed by atoms with E-state index in [0.29, 0.717) is 40.4 Å². The number of rotatable bonds is 7. The van der Waals surface area contributed by atoms with Gasteiger partial charge in [-0.3, -0.25) is 14.3 Å². The summed E-state index contributed by atoms with van der Waals surface area (Å²) < 4.78 is 16.6. The number of aryl methyl sites for hydroxylation is 1. The van der Waals surface area contributed by atoms with Crippen LogP contribution in [-0.2, 0) is 20.0 Å². The fourth-order valence-electron chi connectivity index (χ4n) is 4.66. The number of hydrogen-bond acceptors (Lipinski definition) is 5.